The highest BCUT2D eigenvalue weighted by Gasteiger charge is 2.49. The van der Waals surface area contributed by atoms with Crippen molar-refractivity contribution in [1.82, 2.24) is 15.1 Å². The van der Waals surface area contributed by atoms with Gasteiger partial charge in [-0.05, 0) is 46.1 Å². The maximum atomic E-state index is 12.7. The SMILES string of the molecule is CC(C)OCC12CCCN1C(COc1cnnc(C(F)(F)F)c1)CC2. The van der Waals surface area contributed by atoms with Crippen molar-refractivity contribution in [3.63, 3.8) is 0 Å². The van der Waals surface area contributed by atoms with Crippen LogP contribution in [0.15, 0.2) is 12.3 Å². The van der Waals surface area contributed by atoms with Gasteiger partial charge in [-0.1, -0.05) is 0 Å². The van der Waals surface area contributed by atoms with E-state index < -0.39 is 11.9 Å². The summed E-state index contributed by atoms with van der Waals surface area (Å²) in [6.07, 6.45) is 1.12. The Bertz CT molecular complexity index is 597. The van der Waals surface area contributed by atoms with Crippen molar-refractivity contribution in [1.29, 1.82) is 0 Å². The van der Waals surface area contributed by atoms with Crippen LogP contribution in [0.3, 0.4) is 0 Å². The molecule has 0 amide bonds. The lowest BCUT2D eigenvalue weighted by Crippen LogP contribution is -2.47. The lowest BCUT2D eigenvalue weighted by Gasteiger charge is -2.35. The summed E-state index contributed by atoms with van der Waals surface area (Å²) in [5.41, 5.74) is -0.969. The van der Waals surface area contributed by atoms with Crippen LogP contribution in [0.5, 0.6) is 5.75 Å². The fourth-order valence-electron chi connectivity index (χ4n) is 3.87. The highest BCUT2D eigenvalue weighted by atomic mass is 19.4. The predicted molar refractivity (Wildman–Crippen MR) is 85.3 cm³/mol. The summed E-state index contributed by atoms with van der Waals surface area (Å²) in [5, 5.41) is 6.51. The van der Waals surface area contributed by atoms with E-state index in [1.54, 1.807) is 0 Å². The number of hydrogen-bond donors (Lipinski definition) is 0. The molecule has 2 fully saturated rings. The summed E-state index contributed by atoms with van der Waals surface area (Å²) < 4.78 is 49.6. The van der Waals surface area contributed by atoms with E-state index in [1.807, 2.05) is 13.8 Å². The summed E-state index contributed by atoms with van der Waals surface area (Å²) in [4.78, 5) is 2.43. The van der Waals surface area contributed by atoms with Crippen LogP contribution in [-0.4, -0.2) is 52.5 Å². The van der Waals surface area contributed by atoms with E-state index in [-0.39, 0.29) is 23.4 Å². The first-order valence-corrected chi connectivity index (χ1v) is 8.71. The Labute approximate surface area is 145 Å². The first kappa shape index (κ1) is 18.4. The van der Waals surface area contributed by atoms with Gasteiger partial charge in [0.1, 0.15) is 12.4 Å². The molecule has 0 spiro atoms. The minimum absolute atomic E-state index is 0.0614. The van der Waals surface area contributed by atoms with Gasteiger partial charge in [-0.2, -0.15) is 18.3 Å². The number of aromatic nitrogens is 2. The van der Waals surface area contributed by atoms with Gasteiger partial charge < -0.3 is 9.47 Å². The zero-order valence-electron chi connectivity index (χ0n) is 14.6. The molecule has 0 bridgehead atoms. The van der Waals surface area contributed by atoms with E-state index in [4.69, 9.17) is 9.47 Å². The Morgan fingerprint density at radius 1 is 1.36 bits per heavy atom. The van der Waals surface area contributed by atoms with Gasteiger partial charge in [-0.25, -0.2) is 0 Å². The molecule has 0 N–H and O–H groups in total. The lowest BCUT2D eigenvalue weighted by atomic mass is 9.95. The topological polar surface area (TPSA) is 47.5 Å². The maximum absolute atomic E-state index is 12.7. The van der Waals surface area contributed by atoms with Crippen LogP contribution in [0.2, 0.25) is 0 Å². The van der Waals surface area contributed by atoms with Crippen LogP contribution < -0.4 is 4.74 Å². The molecule has 0 saturated carbocycles. The van der Waals surface area contributed by atoms with Gasteiger partial charge in [-0.3, -0.25) is 4.90 Å². The standard InChI is InChI=1S/C17H24F3N3O2/c1-12(2)25-11-16-5-3-7-23(16)13(4-6-16)10-24-14-8-15(17(18,19)20)22-21-9-14/h8-9,12-13H,3-7,10-11H2,1-2H3. The van der Waals surface area contributed by atoms with Crippen LogP contribution in [0.1, 0.15) is 45.2 Å². The minimum atomic E-state index is -4.52. The fraction of sp³-hybridized carbons (Fsp3) is 0.765. The number of alkyl halides is 3. The second-order valence-electron chi connectivity index (χ2n) is 7.16. The molecular weight excluding hydrogens is 335 g/mol. The van der Waals surface area contributed by atoms with Crippen LogP contribution >= 0.6 is 0 Å². The van der Waals surface area contributed by atoms with Gasteiger partial charge in [0, 0.05) is 17.6 Å². The Morgan fingerprint density at radius 2 is 2.16 bits per heavy atom. The van der Waals surface area contributed by atoms with E-state index in [9.17, 15) is 13.2 Å². The average molecular weight is 359 g/mol. The highest BCUT2D eigenvalue weighted by Crippen LogP contribution is 2.43. The van der Waals surface area contributed by atoms with E-state index in [0.717, 1.165) is 38.3 Å². The molecule has 1 aromatic rings. The maximum Gasteiger partial charge on any atom is 0.435 e. The summed E-state index contributed by atoms with van der Waals surface area (Å²) >= 11 is 0. The van der Waals surface area contributed by atoms with Gasteiger partial charge >= 0.3 is 6.18 Å². The van der Waals surface area contributed by atoms with Crippen molar-refractivity contribution in [2.45, 2.75) is 63.4 Å². The molecule has 2 aliphatic rings. The van der Waals surface area contributed by atoms with Crippen molar-refractivity contribution in [3.8, 4) is 5.75 Å². The second kappa shape index (κ2) is 7.07. The van der Waals surface area contributed by atoms with E-state index in [2.05, 4.69) is 15.1 Å². The molecule has 1 aromatic heterocycles. The average Bonchev–Trinajstić information content (AvgIpc) is 3.10. The molecule has 8 heteroatoms. The van der Waals surface area contributed by atoms with Gasteiger partial charge in [0.15, 0.2) is 5.69 Å². The zero-order valence-corrected chi connectivity index (χ0v) is 14.6. The Balaban J connectivity index is 1.61. The van der Waals surface area contributed by atoms with Gasteiger partial charge in [-0.15, -0.1) is 5.10 Å². The Kier molecular flexibility index (Phi) is 5.20. The normalized spacial score (nSPS) is 27.0. The summed E-state index contributed by atoms with van der Waals surface area (Å²) in [6.45, 7) is 6.10. The number of fused-ring (bicyclic) bond motifs is 1. The number of ether oxygens (including phenoxy) is 2. The molecule has 140 valence electrons. The molecule has 3 heterocycles. The summed E-state index contributed by atoms with van der Waals surface area (Å²) in [7, 11) is 0. The second-order valence-corrected chi connectivity index (χ2v) is 7.16. The first-order chi connectivity index (χ1) is 11.8. The van der Waals surface area contributed by atoms with E-state index >= 15 is 0 Å². The zero-order chi connectivity index (χ0) is 18.1. The van der Waals surface area contributed by atoms with Crippen molar-refractivity contribution in [3.05, 3.63) is 18.0 Å². The molecular formula is C17H24F3N3O2. The van der Waals surface area contributed by atoms with Crippen molar-refractivity contribution in [2.24, 2.45) is 0 Å². The lowest BCUT2D eigenvalue weighted by molar-refractivity contribution is -0.141. The molecule has 25 heavy (non-hydrogen) atoms. The third-order valence-electron chi connectivity index (χ3n) is 5.08. The first-order valence-electron chi connectivity index (χ1n) is 8.71. The molecule has 2 saturated heterocycles. The number of halogens is 3. The summed E-state index contributed by atoms with van der Waals surface area (Å²) in [6, 6.07) is 1.10. The van der Waals surface area contributed by atoms with E-state index in [1.165, 1.54) is 6.20 Å². The fourth-order valence-corrected chi connectivity index (χ4v) is 3.87. The van der Waals surface area contributed by atoms with Crippen LogP contribution in [-0.2, 0) is 10.9 Å². The van der Waals surface area contributed by atoms with Crippen LogP contribution in [0, 0.1) is 0 Å². The van der Waals surface area contributed by atoms with Gasteiger partial charge in [0.05, 0.1) is 18.9 Å². The van der Waals surface area contributed by atoms with Crippen molar-refractivity contribution >= 4 is 0 Å². The molecule has 3 rings (SSSR count). The van der Waals surface area contributed by atoms with E-state index in [0.29, 0.717) is 13.2 Å². The highest BCUT2D eigenvalue weighted by molar-refractivity contribution is 5.21. The smallest absolute Gasteiger partial charge is 0.435 e. The molecule has 0 radical (unpaired) electrons. The number of hydrogen-bond acceptors (Lipinski definition) is 5. The van der Waals surface area contributed by atoms with Crippen molar-refractivity contribution < 1.29 is 22.6 Å². The molecule has 2 unspecified atom stereocenters. The quantitative estimate of drug-likeness (QED) is 0.780. The molecule has 5 nitrogen and oxygen atoms in total. The number of rotatable bonds is 6. The third kappa shape index (κ3) is 4.06. The minimum Gasteiger partial charge on any atom is -0.490 e. The molecule has 2 atom stereocenters. The van der Waals surface area contributed by atoms with Crippen LogP contribution in [0.4, 0.5) is 13.2 Å². The number of nitrogens with zero attached hydrogens (tertiary/aromatic N) is 3. The molecule has 0 aromatic carbocycles. The molecule has 2 aliphatic heterocycles. The Morgan fingerprint density at radius 3 is 2.88 bits per heavy atom. The van der Waals surface area contributed by atoms with Crippen molar-refractivity contribution in [2.75, 3.05) is 19.8 Å². The monoisotopic (exact) mass is 359 g/mol. The largest absolute Gasteiger partial charge is 0.490 e. The summed E-state index contributed by atoms with van der Waals surface area (Å²) in [5.74, 6) is 0.109. The van der Waals surface area contributed by atoms with Crippen LogP contribution in [0.25, 0.3) is 0 Å². The third-order valence-corrected chi connectivity index (χ3v) is 5.08. The van der Waals surface area contributed by atoms with Gasteiger partial charge in [0.25, 0.3) is 0 Å². The van der Waals surface area contributed by atoms with Gasteiger partial charge in [0.2, 0.25) is 0 Å². The Hall–Kier alpha value is -1.41. The molecule has 0 aliphatic carbocycles. The predicted octanol–water partition coefficient (Wildman–Crippen LogP) is 3.30.